The first-order valence-corrected chi connectivity index (χ1v) is 10.5. The highest BCUT2D eigenvalue weighted by Crippen LogP contribution is 2.53. The maximum Gasteiger partial charge on any atom is 0.311 e. The van der Waals surface area contributed by atoms with E-state index in [1.54, 1.807) is 0 Å². The molecule has 4 atom stereocenters. The highest BCUT2D eigenvalue weighted by Gasteiger charge is 2.45. The number of pyridine rings is 1. The number of carbonyl (C=O) groups is 1. The number of aliphatic carboxylic acids is 1. The largest absolute Gasteiger partial charge is 0.487 e. The van der Waals surface area contributed by atoms with Gasteiger partial charge in [0, 0.05) is 5.39 Å². The van der Waals surface area contributed by atoms with Crippen molar-refractivity contribution in [2.45, 2.75) is 38.2 Å². The van der Waals surface area contributed by atoms with Crippen molar-refractivity contribution >= 4 is 16.9 Å². The molecule has 1 heterocycles. The number of benzene rings is 2. The summed E-state index contributed by atoms with van der Waals surface area (Å²) in [5.41, 5.74) is 2.73. The first-order chi connectivity index (χ1) is 14.2. The minimum absolute atomic E-state index is 0.278. The van der Waals surface area contributed by atoms with Crippen molar-refractivity contribution in [2.75, 3.05) is 0 Å². The van der Waals surface area contributed by atoms with Crippen LogP contribution in [0.15, 0.2) is 60.7 Å². The Kier molecular flexibility index (Phi) is 4.70. The molecule has 4 unspecified atom stereocenters. The van der Waals surface area contributed by atoms with Crippen LogP contribution in [-0.2, 0) is 11.4 Å². The summed E-state index contributed by atoms with van der Waals surface area (Å²) in [5.74, 6) is 1.23. The summed E-state index contributed by atoms with van der Waals surface area (Å²) in [6.45, 7) is 0.388. The topological polar surface area (TPSA) is 59.4 Å². The number of carboxylic acid groups (broad SMARTS) is 1. The van der Waals surface area contributed by atoms with Crippen molar-refractivity contribution in [2.24, 2.45) is 17.8 Å². The number of ether oxygens (including phenoxy) is 1. The van der Waals surface area contributed by atoms with Crippen LogP contribution in [-0.4, -0.2) is 16.1 Å². The first kappa shape index (κ1) is 18.2. The molecule has 5 rings (SSSR count). The molecule has 0 spiro atoms. The quantitative estimate of drug-likeness (QED) is 0.614. The van der Waals surface area contributed by atoms with Crippen molar-refractivity contribution in [1.29, 1.82) is 0 Å². The summed E-state index contributed by atoms with van der Waals surface area (Å²) >= 11 is 0. The van der Waals surface area contributed by atoms with Gasteiger partial charge in [0.25, 0.3) is 0 Å². The van der Waals surface area contributed by atoms with Gasteiger partial charge in [-0.25, -0.2) is 4.98 Å². The van der Waals surface area contributed by atoms with Crippen LogP contribution in [0.4, 0.5) is 0 Å². The molecule has 4 heteroatoms. The average molecular weight is 387 g/mol. The lowest BCUT2D eigenvalue weighted by Gasteiger charge is -2.28. The van der Waals surface area contributed by atoms with E-state index < -0.39 is 11.9 Å². The number of nitrogens with zero attached hydrogens (tertiary/aromatic N) is 1. The van der Waals surface area contributed by atoms with Gasteiger partial charge in [0.1, 0.15) is 12.4 Å². The maximum atomic E-state index is 12.0. The molecule has 0 radical (unpaired) electrons. The van der Waals surface area contributed by atoms with E-state index >= 15 is 0 Å². The maximum absolute atomic E-state index is 12.0. The van der Waals surface area contributed by atoms with Crippen LogP contribution in [0, 0.1) is 17.8 Å². The highest BCUT2D eigenvalue weighted by molar-refractivity contribution is 5.78. The van der Waals surface area contributed by atoms with E-state index in [0.717, 1.165) is 40.2 Å². The van der Waals surface area contributed by atoms with E-state index in [1.807, 2.05) is 54.6 Å². The lowest BCUT2D eigenvalue weighted by molar-refractivity contribution is -0.140. The van der Waals surface area contributed by atoms with E-state index in [9.17, 15) is 9.90 Å². The SMILES string of the molecule is O=C(O)C(c1ccc(OCc2ccc3ccccc3n2)cc1)C1CC2CCC1C2. The van der Waals surface area contributed by atoms with Crippen LogP contribution in [0.25, 0.3) is 10.9 Å². The fourth-order valence-electron chi connectivity index (χ4n) is 5.39. The fourth-order valence-corrected chi connectivity index (χ4v) is 5.39. The van der Waals surface area contributed by atoms with Crippen molar-refractivity contribution in [3.05, 3.63) is 71.9 Å². The van der Waals surface area contributed by atoms with Gasteiger partial charge in [0.05, 0.1) is 17.1 Å². The monoisotopic (exact) mass is 387 g/mol. The molecule has 2 aliphatic carbocycles. The molecule has 2 bridgehead atoms. The number of para-hydroxylation sites is 1. The molecule has 148 valence electrons. The highest BCUT2D eigenvalue weighted by atomic mass is 16.5. The standard InChI is InChI=1S/C25H25NO3/c27-25(28)24(22-14-16-5-6-19(22)13-16)18-8-11-21(12-9-18)29-15-20-10-7-17-3-1-2-4-23(17)26-20/h1-4,7-12,16,19,22,24H,5-6,13-15H2,(H,27,28). The molecule has 1 N–H and O–H groups in total. The summed E-state index contributed by atoms with van der Waals surface area (Å²) in [4.78, 5) is 16.7. The zero-order valence-corrected chi connectivity index (χ0v) is 16.3. The molecule has 2 fully saturated rings. The molecule has 2 saturated carbocycles. The number of fused-ring (bicyclic) bond motifs is 3. The van der Waals surface area contributed by atoms with Gasteiger partial charge in [-0.3, -0.25) is 4.79 Å². The normalized spacial score (nSPS) is 23.9. The smallest absolute Gasteiger partial charge is 0.311 e. The van der Waals surface area contributed by atoms with Gasteiger partial charge in [-0.05, 0) is 66.8 Å². The Hall–Kier alpha value is -2.88. The predicted molar refractivity (Wildman–Crippen MR) is 112 cm³/mol. The molecule has 1 aromatic heterocycles. The molecule has 2 aromatic carbocycles. The van der Waals surface area contributed by atoms with E-state index in [0.29, 0.717) is 12.5 Å². The second-order valence-corrected chi connectivity index (χ2v) is 8.51. The molecule has 0 aliphatic heterocycles. The molecular weight excluding hydrogens is 362 g/mol. The van der Waals surface area contributed by atoms with Gasteiger partial charge in [-0.15, -0.1) is 0 Å². The third-order valence-electron chi connectivity index (χ3n) is 6.77. The molecule has 29 heavy (non-hydrogen) atoms. The molecule has 2 aliphatic rings. The minimum Gasteiger partial charge on any atom is -0.487 e. The molecule has 4 nitrogen and oxygen atoms in total. The summed E-state index contributed by atoms with van der Waals surface area (Å²) in [6, 6.07) is 19.7. The Morgan fingerprint density at radius 1 is 1.03 bits per heavy atom. The zero-order valence-electron chi connectivity index (χ0n) is 16.3. The van der Waals surface area contributed by atoms with Crippen LogP contribution < -0.4 is 4.74 Å². The van der Waals surface area contributed by atoms with Gasteiger partial charge in [-0.2, -0.15) is 0 Å². The summed E-state index contributed by atoms with van der Waals surface area (Å²) in [6.07, 6.45) is 4.75. The Morgan fingerprint density at radius 3 is 2.59 bits per heavy atom. The van der Waals surface area contributed by atoms with Crippen molar-refractivity contribution in [3.8, 4) is 5.75 Å². The Balaban J connectivity index is 1.28. The van der Waals surface area contributed by atoms with Crippen molar-refractivity contribution in [3.63, 3.8) is 0 Å². The Labute approximate surface area is 170 Å². The molecule has 3 aromatic rings. The van der Waals surface area contributed by atoms with E-state index in [4.69, 9.17) is 4.74 Å². The minimum atomic E-state index is -0.698. The van der Waals surface area contributed by atoms with Crippen LogP contribution >= 0.6 is 0 Å². The van der Waals surface area contributed by atoms with Gasteiger partial charge in [-0.1, -0.05) is 42.8 Å². The predicted octanol–water partition coefficient (Wildman–Crippen LogP) is 5.42. The van der Waals surface area contributed by atoms with Crippen LogP contribution in [0.5, 0.6) is 5.75 Å². The van der Waals surface area contributed by atoms with E-state index in [1.165, 1.54) is 19.3 Å². The molecule has 0 saturated heterocycles. The van der Waals surface area contributed by atoms with Gasteiger partial charge in [0.2, 0.25) is 0 Å². The number of carboxylic acids is 1. The number of aromatic nitrogens is 1. The number of hydrogen-bond acceptors (Lipinski definition) is 3. The fraction of sp³-hybridized carbons (Fsp3) is 0.360. The second kappa shape index (κ2) is 7.51. The lowest BCUT2D eigenvalue weighted by atomic mass is 9.76. The summed E-state index contributed by atoms with van der Waals surface area (Å²) in [5, 5.41) is 11.0. The summed E-state index contributed by atoms with van der Waals surface area (Å²) < 4.78 is 5.90. The van der Waals surface area contributed by atoms with Crippen molar-refractivity contribution < 1.29 is 14.6 Å². The summed E-state index contributed by atoms with van der Waals surface area (Å²) in [7, 11) is 0. The van der Waals surface area contributed by atoms with Gasteiger partial charge >= 0.3 is 5.97 Å². The van der Waals surface area contributed by atoms with E-state index in [-0.39, 0.29) is 5.92 Å². The molecule has 0 amide bonds. The second-order valence-electron chi connectivity index (χ2n) is 8.51. The Bertz CT molecular complexity index is 1030. The third kappa shape index (κ3) is 3.59. The number of rotatable bonds is 6. The van der Waals surface area contributed by atoms with Gasteiger partial charge in [0.15, 0.2) is 0 Å². The van der Waals surface area contributed by atoms with Crippen LogP contribution in [0.1, 0.15) is 42.9 Å². The zero-order chi connectivity index (χ0) is 19.8. The van der Waals surface area contributed by atoms with Gasteiger partial charge < -0.3 is 9.84 Å². The van der Waals surface area contributed by atoms with E-state index in [2.05, 4.69) is 11.1 Å². The first-order valence-electron chi connectivity index (χ1n) is 10.5. The molecular formula is C25H25NO3. The van der Waals surface area contributed by atoms with Crippen LogP contribution in [0.3, 0.4) is 0 Å². The number of hydrogen-bond donors (Lipinski definition) is 1. The average Bonchev–Trinajstić information content (AvgIpc) is 3.37. The lowest BCUT2D eigenvalue weighted by Crippen LogP contribution is -2.25. The van der Waals surface area contributed by atoms with Crippen LogP contribution in [0.2, 0.25) is 0 Å². The third-order valence-corrected chi connectivity index (χ3v) is 6.77. The van der Waals surface area contributed by atoms with Crippen molar-refractivity contribution in [1.82, 2.24) is 4.98 Å². The Morgan fingerprint density at radius 2 is 1.86 bits per heavy atom.